The summed E-state index contributed by atoms with van der Waals surface area (Å²) in [5.74, 6) is -0.272. The van der Waals surface area contributed by atoms with Crippen LogP contribution in [0.3, 0.4) is 0 Å². The molecule has 134 valence electrons. The number of carbonyl (C=O) groups is 2. The number of carbonyl (C=O) groups excluding carboxylic acids is 2. The van der Waals surface area contributed by atoms with E-state index in [4.69, 9.17) is 0 Å². The molecule has 9 heteroatoms. The molecule has 0 atom stereocenters. The fraction of sp³-hybridized carbons (Fsp3) is 0.375. The number of imide groups is 1. The van der Waals surface area contributed by atoms with Crippen LogP contribution in [0.4, 0.5) is 15.6 Å². The Morgan fingerprint density at radius 2 is 2.00 bits per heavy atom. The van der Waals surface area contributed by atoms with Gasteiger partial charge in [0.15, 0.2) is 4.34 Å². The monoisotopic (exact) mass is 379 g/mol. The first-order valence-electron chi connectivity index (χ1n) is 7.75. The first kappa shape index (κ1) is 19.2. The van der Waals surface area contributed by atoms with Gasteiger partial charge in [0, 0.05) is 11.7 Å². The Hall–Kier alpha value is -2.13. The average Bonchev–Trinajstić information content (AvgIpc) is 2.96. The molecule has 0 radical (unpaired) electrons. The predicted octanol–water partition coefficient (Wildman–Crippen LogP) is 3.22. The third kappa shape index (κ3) is 6.02. The van der Waals surface area contributed by atoms with Crippen LogP contribution >= 0.6 is 23.1 Å². The van der Waals surface area contributed by atoms with Gasteiger partial charge in [-0.3, -0.25) is 10.1 Å². The van der Waals surface area contributed by atoms with Crippen molar-refractivity contribution in [2.24, 2.45) is 0 Å². The van der Waals surface area contributed by atoms with E-state index in [2.05, 4.69) is 39.1 Å². The first-order valence-corrected chi connectivity index (χ1v) is 9.55. The molecular weight excluding hydrogens is 358 g/mol. The van der Waals surface area contributed by atoms with E-state index in [1.807, 2.05) is 32.9 Å². The predicted molar refractivity (Wildman–Crippen MR) is 102 cm³/mol. The summed E-state index contributed by atoms with van der Waals surface area (Å²) in [6.07, 6.45) is 0. The van der Waals surface area contributed by atoms with Gasteiger partial charge >= 0.3 is 6.03 Å². The maximum Gasteiger partial charge on any atom is 0.321 e. The van der Waals surface area contributed by atoms with E-state index in [9.17, 15) is 9.59 Å². The van der Waals surface area contributed by atoms with E-state index in [0.29, 0.717) is 9.47 Å². The third-order valence-corrected chi connectivity index (χ3v) is 5.22. The highest BCUT2D eigenvalue weighted by Crippen LogP contribution is 2.29. The molecular formula is C16H21N5O2S2. The molecule has 0 aliphatic rings. The van der Waals surface area contributed by atoms with Gasteiger partial charge in [0.2, 0.25) is 11.0 Å². The lowest BCUT2D eigenvalue weighted by molar-refractivity contribution is -0.117. The number of thioether (sulfide) groups is 1. The molecule has 3 N–H and O–H groups in total. The summed E-state index contributed by atoms with van der Waals surface area (Å²) < 4.78 is 0.659. The second-order valence-electron chi connectivity index (χ2n) is 5.71. The smallest absolute Gasteiger partial charge is 0.321 e. The summed E-state index contributed by atoms with van der Waals surface area (Å²) in [6, 6.07) is 5.50. The number of nitrogens with zero attached hydrogens (tertiary/aromatic N) is 2. The number of benzene rings is 1. The Kier molecular flexibility index (Phi) is 6.77. The van der Waals surface area contributed by atoms with Crippen LogP contribution in [0.2, 0.25) is 0 Å². The molecule has 3 amide bonds. The Bertz CT molecular complexity index is 761. The number of aryl methyl sites for hydroxylation is 1. The van der Waals surface area contributed by atoms with Crippen LogP contribution < -0.4 is 16.0 Å². The molecule has 2 aromatic rings. The van der Waals surface area contributed by atoms with E-state index in [-0.39, 0.29) is 17.7 Å². The molecule has 0 spiro atoms. The van der Waals surface area contributed by atoms with Crippen molar-refractivity contribution in [3.63, 3.8) is 0 Å². The van der Waals surface area contributed by atoms with E-state index in [1.165, 1.54) is 28.7 Å². The van der Waals surface area contributed by atoms with Crippen LogP contribution in [0.5, 0.6) is 0 Å². The Balaban J connectivity index is 1.86. The van der Waals surface area contributed by atoms with Crippen molar-refractivity contribution in [2.75, 3.05) is 11.1 Å². The van der Waals surface area contributed by atoms with Crippen molar-refractivity contribution in [2.45, 2.75) is 38.1 Å². The van der Waals surface area contributed by atoms with Gasteiger partial charge < -0.3 is 10.6 Å². The lowest BCUT2D eigenvalue weighted by atomic mass is 10.1. The van der Waals surface area contributed by atoms with Crippen molar-refractivity contribution >= 4 is 45.9 Å². The van der Waals surface area contributed by atoms with Gasteiger partial charge in [-0.05, 0) is 44.9 Å². The lowest BCUT2D eigenvalue weighted by Crippen LogP contribution is -2.43. The van der Waals surface area contributed by atoms with Crippen LogP contribution in [0.15, 0.2) is 22.5 Å². The van der Waals surface area contributed by atoms with Gasteiger partial charge in [0.1, 0.15) is 0 Å². The maximum atomic E-state index is 11.7. The molecule has 7 nitrogen and oxygen atoms in total. The van der Waals surface area contributed by atoms with Crippen molar-refractivity contribution in [3.8, 4) is 0 Å². The van der Waals surface area contributed by atoms with Crippen molar-refractivity contribution in [3.05, 3.63) is 29.3 Å². The Morgan fingerprint density at radius 1 is 1.24 bits per heavy atom. The van der Waals surface area contributed by atoms with Gasteiger partial charge in [-0.2, -0.15) is 0 Å². The highest BCUT2D eigenvalue weighted by atomic mass is 32.2. The molecule has 0 bridgehead atoms. The van der Waals surface area contributed by atoms with Gasteiger partial charge in [0.05, 0.1) is 5.75 Å². The highest BCUT2D eigenvalue weighted by Gasteiger charge is 2.12. The van der Waals surface area contributed by atoms with E-state index >= 15 is 0 Å². The minimum absolute atomic E-state index is 0.0256. The van der Waals surface area contributed by atoms with Gasteiger partial charge in [-0.1, -0.05) is 35.2 Å². The summed E-state index contributed by atoms with van der Waals surface area (Å²) in [5, 5.41) is 16.9. The standard InChI is InChI=1S/C16H21N5O2S2/c1-9(2)17-14(23)19-13(22)8-24-16-21-20-15(25-16)18-12-7-5-6-10(3)11(12)4/h5-7,9H,8H2,1-4H3,(H,18,20)(H2,17,19,22,23). The Morgan fingerprint density at radius 3 is 2.72 bits per heavy atom. The zero-order valence-corrected chi connectivity index (χ0v) is 16.2. The Labute approximate surface area is 155 Å². The molecule has 0 saturated heterocycles. The minimum Gasteiger partial charge on any atom is -0.336 e. The second-order valence-corrected chi connectivity index (χ2v) is 7.91. The number of amides is 3. The zero-order valence-electron chi connectivity index (χ0n) is 14.5. The fourth-order valence-electron chi connectivity index (χ4n) is 1.91. The SMILES string of the molecule is Cc1cccc(Nc2nnc(SCC(=O)NC(=O)NC(C)C)s2)c1C. The zero-order chi connectivity index (χ0) is 18.4. The number of urea groups is 1. The highest BCUT2D eigenvalue weighted by molar-refractivity contribution is 8.01. The topological polar surface area (TPSA) is 96.0 Å². The summed E-state index contributed by atoms with van der Waals surface area (Å²) in [4.78, 5) is 23.2. The van der Waals surface area contributed by atoms with Crippen LogP contribution in [0, 0.1) is 13.8 Å². The molecule has 1 aromatic carbocycles. The number of hydrogen-bond acceptors (Lipinski definition) is 7. The summed E-state index contributed by atoms with van der Waals surface area (Å²) in [7, 11) is 0. The molecule has 2 rings (SSSR count). The number of hydrogen-bond donors (Lipinski definition) is 3. The molecule has 0 aliphatic carbocycles. The van der Waals surface area contributed by atoms with Gasteiger partial charge in [-0.15, -0.1) is 10.2 Å². The first-order chi connectivity index (χ1) is 11.8. The van der Waals surface area contributed by atoms with Crippen molar-refractivity contribution < 1.29 is 9.59 Å². The normalized spacial score (nSPS) is 10.6. The van der Waals surface area contributed by atoms with E-state index in [0.717, 1.165) is 11.3 Å². The molecule has 0 unspecified atom stereocenters. The average molecular weight is 380 g/mol. The van der Waals surface area contributed by atoms with Crippen LogP contribution in [-0.4, -0.2) is 33.9 Å². The van der Waals surface area contributed by atoms with Gasteiger partial charge in [0.25, 0.3) is 0 Å². The second kappa shape index (κ2) is 8.82. The molecule has 25 heavy (non-hydrogen) atoms. The van der Waals surface area contributed by atoms with Crippen LogP contribution in [-0.2, 0) is 4.79 Å². The lowest BCUT2D eigenvalue weighted by Gasteiger charge is -2.08. The number of rotatable bonds is 6. The molecule has 0 aliphatic heterocycles. The molecule has 1 heterocycles. The van der Waals surface area contributed by atoms with Crippen molar-refractivity contribution in [1.82, 2.24) is 20.8 Å². The largest absolute Gasteiger partial charge is 0.336 e. The fourth-order valence-corrected chi connectivity index (χ4v) is 3.47. The van der Waals surface area contributed by atoms with Crippen molar-refractivity contribution in [1.29, 1.82) is 0 Å². The summed E-state index contributed by atoms with van der Waals surface area (Å²) >= 11 is 2.60. The molecule has 0 fully saturated rings. The molecule has 1 aromatic heterocycles. The molecule has 0 saturated carbocycles. The van der Waals surface area contributed by atoms with E-state index < -0.39 is 6.03 Å². The van der Waals surface area contributed by atoms with Gasteiger partial charge in [-0.25, -0.2) is 4.79 Å². The summed E-state index contributed by atoms with van der Waals surface area (Å²) in [6.45, 7) is 7.74. The number of anilines is 2. The van der Waals surface area contributed by atoms with Crippen LogP contribution in [0.25, 0.3) is 0 Å². The maximum absolute atomic E-state index is 11.7. The van der Waals surface area contributed by atoms with Crippen LogP contribution in [0.1, 0.15) is 25.0 Å². The number of aromatic nitrogens is 2. The number of nitrogens with one attached hydrogen (secondary N) is 3. The van der Waals surface area contributed by atoms with E-state index in [1.54, 1.807) is 0 Å². The minimum atomic E-state index is -0.491. The summed E-state index contributed by atoms with van der Waals surface area (Å²) in [5.41, 5.74) is 3.33. The third-order valence-electron chi connectivity index (χ3n) is 3.25. The quantitative estimate of drug-likeness (QED) is 0.667.